The molecule has 6 heteroatoms. The van der Waals surface area contributed by atoms with Gasteiger partial charge in [0.05, 0.1) is 18.8 Å². The molecule has 2 N–H and O–H groups in total. The van der Waals surface area contributed by atoms with Crippen molar-refractivity contribution >= 4 is 23.4 Å². The minimum absolute atomic E-state index is 0.0463. The maximum absolute atomic E-state index is 10.5. The lowest BCUT2D eigenvalue weighted by Gasteiger charge is -2.14. The normalized spacial score (nSPS) is 12.1. The van der Waals surface area contributed by atoms with Gasteiger partial charge in [0.15, 0.2) is 0 Å². The van der Waals surface area contributed by atoms with Crippen molar-refractivity contribution in [2.24, 2.45) is 0 Å². The van der Waals surface area contributed by atoms with Crippen molar-refractivity contribution in [1.29, 1.82) is 0 Å². The van der Waals surface area contributed by atoms with Crippen molar-refractivity contribution < 1.29 is 9.90 Å². The lowest BCUT2D eigenvalue weighted by Crippen LogP contribution is -2.22. The number of rotatable bonds is 5. The van der Waals surface area contributed by atoms with Crippen molar-refractivity contribution in [3.63, 3.8) is 0 Å². The van der Waals surface area contributed by atoms with Crippen LogP contribution in [-0.2, 0) is 4.79 Å². The van der Waals surface area contributed by atoms with E-state index in [0.717, 1.165) is 0 Å². The number of nitrogens with one attached hydrogen (secondary N) is 1. The van der Waals surface area contributed by atoms with Crippen LogP contribution >= 0.6 is 11.6 Å². The second-order valence-corrected chi connectivity index (χ2v) is 3.46. The third kappa shape index (κ3) is 4.12. The highest BCUT2D eigenvalue weighted by molar-refractivity contribution is 6.29. The van der Waals surface area contributed by atoms with Crippen LogP contribution in [-0.4, -0.2) is 27.1 Å². The number of aliphatic carboxylic acids is 1. The zero-order valence-corrected chi connectivity index (χ0v) is 9.03. The molecule has 1 aromatic heterocycles. The number of hydrogen-bond donors (Lipinski definition) is 2. The summed E-state index contributed by atoms with van der Waals surface area (Å²) in [5.74, 6) is -0.347. The molecule has 0 saturated heterocycles. The highest BCUT2D eigenvalue weighted by atomic mass is 35.5. The average Bonchev–Trinajstić information content (AvgIpc) is 2.16. The molecule has 5 nitrogen and oxygen atoms in total. The van der Waals surface area contributed by atoms with E-state index in [1.165, 1.54) is 12.4 Å². The van der Waals surface area contributed by atoms with Gasteiger partial charge in [0.1, 0.15) is 11.0 Å². The Hall–Kier alpha value is -1.36. The summed E-state index contributed by atoms with van der Waals surface area (Å²) in [4.78, 5) is 18.3. The highest BCUT2D eigenvalue weighted by Crippen LogP contribution is 2.10. The minimum Gasteiger partial charge on any atom is -0.481 e. The van der Waals surface area contributed by atoms with E-state index < -0.39 is 5.97 Å². The maximum atomic E-state index is 10.5. The Morgan fingerprint density at radius 1 is 1.67 bits per heavy atom. The van der Waals surface area contributed by atoms with E-state index in [2.05, 4.69) is 15.3 Å². The Balaban J connectivity index is 2.62. The first-order valence-electron chi connectivity index (χ1n) is 4.57. The molecule has 1 aromatic rings. The fourth-order valence-electron chi connectivity index (χ4n) is 1.13. The van der Waals surface area contributed by atoms with Crippen LogP contribution in [0.2, 0.25) is 5.15 Å². The molecule has 0 aliphatic heterocycles. The molecule has 0 fully saturated rings. The van der Waals surface area contributed by atoms with E-state index in [1.807, 2.05) is 6.92 Å². The van der Waals surface area contributed by atoms with E-state index in [9.17, 15) is 4.79 Å². The lowest BCUT2D eigenvalue weighted by atomic mass is 10.1. The van der Waals surface area contributed by atoms with Crippen molar-refractivity contribution in [2.45, 2.75) is 25.8 Å². The molecule has 0 aromatic carbocycles. The van der Waals surface area contributed by atoms with Crippen molar-refractivity contribution in [3.05, 3.63) is 17.5 Å². The fraction of sp³-hybridized carbons (Fsp3) is 0.444. The van der Waals surface area contributed by atoms with E-state index in [1.54, 1.807) is 0 Å². The van der Waals surface area contributed by atoms with Crippen LogP contribution in [0.3, 0.4) is 0 Å². The molecule has 1 rings (SSSR count). The van der Waals surface area contributed by atoms with Crippen molar-refractivity contribution in [2.75, 3.05) is 5.32 Å². The molecular weight excluding hydrogens is 218 g/mol. The quantitative estimate of drug-likeness (QED) is 0.805. The molecule has 0 aliphatic carbocycles. The van der Waals surface area contributed by atoms with Crippen LogP contribution in [0, 0.1) is 0 Å². The Morgan fingerprint density at radius 2 is 2.40 bits per heavy atom. The average molecular weight is 230 g/mol. The number of carboxylic acids is 1. The second kappa shape index (κ2) is 5.50. The Morgan fingerprint density at radius 3 is 2.93 bits per heavy atom. The minimum atomic E-state index is -0.843. The number of aromatic nitrogens is 2. The van der Waals surface area contributed by atoms with Crippen LogP contribution in [0.5, 0.6) is 0 Å². The zero-order chi connectivity index (χ0) is 11.3. The first-order chi connectivity index (χ1) is 7.11. The van der Waals surface area contributed by atoms with Crippen LogP contribution in [0.1, 0.15) is 19.8 Å². The molecule has 82 valence electrons. The molecule has 0 aliphatic rings. The number of carbonyl (C=O) groups is 1. The van der Waals surface area contributed by atoms with Gasteiger partial charge in [0.2, 0.25) is 0 Å². The third-order valence-electron chi connectivity index (χ3n) is 1.87. The molecule has 1 atom stereocenters. The third-order valence-corrected chi connectivity index (χ3v) is 2.05. The molecule has 15 heavy (non-hydrogen) atoms. The summed E-state index contributed by atoms with van der Waals surface area (Å²) in [7, 11) is 0. The standard InChI is InChI=1S/C9H12ClN3O2/c1-2-6(3-9(14)15)12-8-5-11-4-7(10)13-8/h4-6H,2-3H2,1H3,(H,12,13)(H,14,15). The highest BCUT2D eigenvalue weighted by Gasteiger charge is 2.11. The SMILES string of the molecule is CCC(CC(=O)O)Nc1cncc(Cl)n1. The summed E-state index contributed by atoms with van der Waals surface area (Å²) < 4.78 is 0. The molecule has 1 heterocycles. The predicted molar refractivity (Wildman–Crippen MR) is 57.0 cm³/mol. The van der Waals surface area contributed by atoms with Gasteiger partial charge < -0.3 is 10.4 Å². The summed E-state index contributed by atoms with van der Waals surface area (Å²) in [6, 6.07) is -0.157. The van der Waals surface area contributed by atoms with Gasteiger partial charge in [0, 0.05) is 6.04 Å². The monoisotopic (exact) mass is 229 g/mol. The van der Waals surface area contributed by atoms with Crippen LogP contribution in [0.25, 0.3) is 0 Å². The van der Waals surface area contributed by atoms with Gasteiger partial charge in [0.25, 0.3) is 0 Å². The van der Waals surface area contributed by atoms with Gasteiger partial charge in [-0.05, 0) is 6.42 Å². The van der Waals surface area contributed by atoms with Gasteiger partial charge in [-0.3, -0.25) is 9.78 Å². The van der Waals surface area contributed by atoms with Gasteiger partial charge in [-0.1, -0.05) is 18.5 Å². The van der Waals surface area contributed by atoms with Crippen molar-refractivity contribution in [1.82, 2.24) is 9.97 Å². The van der Waals surface area contributed by atoms with E-state index >= 15 is 0 Å². The molecule has 1 unspecified atom stereocenters. The first-order valence-corrected chi connectivity index (χ1v) is 4.95. The van der Waals surface area contributed by atoms with E-state index in [-0.39, 0.29) is 17.6 Å². The van der Waals surface area contributed by atoms with Gasteiger partial charge in [-0.2, -0.15) is 0 Å². The molecule has 0 spiro atoms. The first kappa shape index (κ1) is 11.7. The van der Waals surface area contributed by atoms with Crippen molar-refractivity contribution in [3.8, 4) is 0 Å². The van der Waals surface area contributed by atoms with Gasteiger partial charge in [-0.25, -0.2) is 4.98 Å². The largest absolute Gasteiger partial charge is 0.481 e. The Bertz CT molecular complexity index is 346. The molecule has 0 radical (unpaired) electrons. The summed E-state index contributed by atoms with van der Waals surface area (Å²) in [6.07, 6.45) is 3.67. The molecule has 0 amide bonds. The van der Waals surface area contributed by atoms with E-state index in [0.29, 0.717) is 12.2 Å². The fourth-order valence-corrected chi connectivity index (χ4v) is 1.28. The van der Waals surface area contributed by atoms with Crippen LogP contribution in [0.4, 0.5) is 5.82 Å². The summed E-state index contributed by atoms with van der Waals surface area (Å²) >= 11 is 5.65. The maximum Gasteiger partial charge on any atom is 0.305 e. The smallest absolute Gasteiger partial charge is 0.305 e. The number of anilines is 1. The summed E-state index contributed by atoms with van der Waals surface area (Å²) in [6.45, 7) is 1.90. The number of nitrogens with zero attached hydrogens (tertiary/aromatic N) is 2. The molecular formula is C9H12ClN3O2. The zero-order valence-electron chi connectivity index (χ0n) is 8.27. The Labute approximate surface area is 92.5 Å². The predicted octanol–water partition coefficient (Wildman–Crippen LogP) is 1.80. The second-order valence-electron chi connectivity index (χ2n) is 3.07. The molecule has 0 saturated carbocycles. The Kier molecular flexibility index (Phi) is 4.30. The number of hydrogen-bond acceptors (Lipinski definition) is 4. The number of carboxylic acid groups (broad SMARTS) is 1. The van der Waals surface area contributed by atoms with Gasteiger partial charge in [-0.15, -0.1) is 0 Å². The number of halogens is 1. The van der Waals surface area contributed by atoms with Crippen LogP contribution < -0.4 is 5.32 Å². The summed E-state index contributed by atoms with van der Waals surface area (Å²) in [5.41, 5.74) is 0. The summed E-state index contributed by atoms with van der Waals surface area (Å²) in [5, 5.41) is 11.9. The molecule has 0 bridgehead atoms. The lowest BCUT2D eigenvalue weighted by molar-refractivity contribution is -0.137. The van der Waals surface area contributed by atoms with Crippen LogP contribution in [0.15, 0.2) is 12.4 Å². The topological polar surface area (TPSA) is 75.1 Å². The van der Waals surface area contributed by atoms with Gasteiger partial charge >= 0.3 is 5.97 Å². The van der Waals surface area contributed by atoms with E-state index in [4.69, 9.17) is 16.7 Å².